The minimum atomic E-state index is -1.18. The Morgan fingerprint density at radius 2 is 1.90 bits per heavy atom. The zero-order chi connectivity index (χ0) is 21.4. The van der Waals surface area contributed by atoms with Crippen LogP contribution >= 0.6 is 0 Å². The van der Waals surface area contributed by atoms with Crippen molar-refractivity contribution in [3.8, 4) is 11.5 Å². The number of benzene rings is 1. The van der Waals surface area contributed by atoms with Crippen molar-refractivity contribution >= 4 is 29.7 Å². The number of barbiturate groups is 1. The molecule has 9 nitrogen and oxygen atoms in total. The fraction of sp³-hybridized carbons (Fsp3) is 0.500. The van der Waals surface area contributed by atoms with Crippen LogP contribution in [0.3, 0.4) is 0 Å². The van der Waals surface area contributed by atoms with Crippen molar-refractivity contribution in [3.05, 3.63) is 18.2 Å². The fourth-order valence-corrected chi connectivity index (χ4v) is 3.03. The van der Waals surface area contributed by atoms with Crippen LogP contribution < -0.4 is 19.7 Å². The number of hydrogen-bond donors (Lipinski definition) is 1. The van der Waals surface area contributed by atoms with Crippen molar-refractivity contribution in [1.82, 2.24) is 10.2 Å². The Labute approximate surface area is 170 Å². The van der Waals surface area contributed by atoms with Crippen molar-refractivity contribution in [1.29, 1.82) is 0 Å². The molecule has 0 aliphatic carbocycles. The highest BCUT2D eigenvalue weighted by Crippen LogP contribution is 2.34. The van der Waals surface area contributed by atoms with Gasteiger partial charge in [0.2, 0.25) is 5.91 Å². The number of nitrogens with one attached hydrogen (secondary N) is 1. The molecule has 158 valence electrons. The third kappa shape index (κ3) is 5.32. The number of imide groups is 2. The Bertz CT molecular complexity index is 776. The molecule has 1 heterocycles. The van der Waals surface area contributed by atoms with Crippen LogP contribution in [0.4, 0.5) is 10.5 Å². The van der Waals surface area contributed by atoms with E-state index in [1.54, 1.807) is 12.1 Å². The Morgan fingerprint density at radius 3 is 2.52 bits per heavy atom. The standard InChI is InChI=1S/C20H28N4O5/c1-5-23(6-2)11-7-10-21-13-15-18(25)22-20(27)24(19(15)26)16-12-14(28-3)8-9-17(16)29-4/h8-9,12-13,15H,5-7,10-11H2,1-4H3,(H,22,25,27). The molecule has 9 heteroatoms. The van der Waals surface area contributed by atoms with Gasteiger partial charge in [-0.1, -0.05) is 13.8 Å². The average Bonchev–Trinajstić information content (AvgIpc) is 2.72. The van der Waals surface area contributed by atoms with Gasteiger partial charge in [-0.3, -0.25) is 19.9 Å². The van der Waals surface area contributed by atoms with E-state index in [4.69, 9.17) is 9.47 Å². The summed E-state index contributed by atoms with van der Waals surface area (Å²) >= 11 is 0. The van der Waals surface area contributed by atoms with E-state index in [9.17, 15) is 14.4 Å². The lowest BCUT2D eigenvalue weighted by Gasteiger charge is -2.29. The van der Waals surface area contributed by atoms with E-state index in [-0.39, 0.29) is 5.69 Å². The molecule has 1 unspecified atom stereocenters. The normalized spacial score (nSPS) is 17.2. The van der Waals surface area contributed by atoms with Gasteiger partial charge >= 0.3 is 6.03 Å². The van der Waals surface area contributed by atoms with Crippen LogP contribution in [0, 0.1) is 5.92 Å². The Hall–Kier alpha value is -2.94. The van der Waals surface area contributed by atoms with Crippen LogP contribution in [0.5, 0.6) is 11.5 Å². The van der Waals surface area contributed by atoms with E-state index in [0.717, 1.165) is 31.0 Å². The minimum Gasteiger partial charge on any atom is -0.497 e. The summed E-state index contributed by atoms with van der Waals surface area (Å²) in [6, 6.07) is 3.90. The SMILES string of the molecule is CCN(CC)CCCN=CC1C(=O)NC(=O)N(c2cc(OC)ccc2OC)C1=O. The van der Waals surface area contributed by atoms with Gasteiger partial charge in [0.15, 0.2) is 5.92 Å². The summed E-state index contributed by atoms with van der Waals surface area (Å²) < 4.78 is 10.4. The van der Waals surface area contributed by atoms with Gasteiger partial charge in [0.25, 0.3) is 5.91 Å². The van der Waals surface area contributed by atoms with Crippen LogP contribution in [-0.2, 0) is 9.59 Å². The second kappa shape index (κ2) is 10.6. The maximum absolute atomic E-state index is 12.9. The molecule has 2 rings (SSSR count). The van der Waals surface area contributed by atoms with Gasteiger partial charge in [0, 0.05) is 18.8 Å². The van der Waals surface area contributed by atoms with Crippen molar-refractivity contribution in [3.63, 3.8) is 0 Å². The fourth-order valence-electron chi connectivity index (χ4n) is 3.03. The summed E-state index contributed by atoms with van der Waals surface area (Å²) in [5.41, 5.74) is 0.196. The predicted octanol–water partition coefficient (Wildman–Crippen LogP) is 1.71. The summed E-state index contributed by atoms with van der Waals surface area (Å²) in [4.78, 5) is 44.9. The van der Waals surface area contributed by atoms with E-state index < -0.39 is 23.8 Å². The highest BCUT2D eigenvalue weighted by Gasteiger charge is 2.41. The first kappa shape index (κ1) is 22.4. The molecule has 0 aromatic heterocycles. The lowest BCUT2D eigenvalue weighted by molar-refractivity contribution is -0.131. The summed E-state index contributed by atoms with van der Waals surface area (Å²) in [6.07, 6.45) is 2.12. The van der Waals surface area contributed by atoms with Gasteiger partial charge in [0.05, 0.1) is 19.9 Å². The molecule has 1 aliphatic rings. The first-order chi connectivity index (χ1) is 14.0. The molecule has 29 heavy (non-hydrogen) atoms. The Morgan fingerprint density at radius 1 is 1.17 bits per heavy atom. The summed E-state index contributed by atoms with van der Waals surface area (Å²) in [7, 11) is 2.90. The third-order valence-corrected chi connectivity index (χ3v) is 4.74. The van der Waals surface area contributed by atoms with E-state index in [2.05, 4.69) is 29.1 Å². The van der Waals surface area contributed by atoms with Crippen LogP contribution in [0.15, 0.2) is 23.2 Å². The van der Waals surface area contributed by atoms with Gasteiger partial charge in [-0.2, -0.15) is 0 Å². The molecule has 0 radical (unpaired) electrons. The maximum Gasteiger partial charge on any atom is 0.335 e. The minimum absolute atomic E-state index is 0.196. The molecule has 1 atom stereocenters. The number of anilines is 1. The zero-order valence-electron chi connectivity index (χ0n) is 17.3. The van der Waals surface area contributed by atoms with Crippen LogP contribution in [0.2, 0.25) is 0 Å². The molecule has 1 aromatic carbocycles. The number of carbonyl (C=O) groups is 3. The third-order valence-electron chi connectivity index (χ3n) is 4.74. The van der Waals surface area contributed by atoms with E-state index in [1.807, 2.05) is 0 Å². The van der Waals surface area contributed by atoms with Crippen molar-refractivity contribution in [2.45, 2.75) is 20.3 Å². The number of nitrogens with zero attached hydrogens (tertiary/aromatic N) is 3. The number of methoxy groups -OCH3 is 2. The van der Waals surface area contributed by atoms with E-state index >= 15 is 0 Å². The number of urea groups is 1. The average molecular weight is 404 g/mol. The second-order valence-corrected chi connectivity index (χ2v) is 6.42. The maximum atomic E-state index is 12.9. The Kier molecular flexibility index (Phi) is 8.14. The zero-order valence-corrected chi connectivity index (χ0v) is 17.3. The topological polar surface area (TPSA) is 101 Å². The first-order valence-corrected chi connectivity index (χ1v) is 9.59. The van der Waals surface area contributed by atoms with Crippen molar-refractivity contribution < 1.29 is 23.9 Å². The van der Waals surface area contributed by atoms with Gasteiger partial charge in [-0.05, 0) is 38.2 Å². The van der Waals surface area contributed by atoms with E-state index in [1.165, 1.54) is 26.5 Å². The largest absolute Gasteiger partial charge is 0.497 e. The van der Waals surface area contributed by atoms with Gasteiger partial charge in [-0.25, -0.2) is 9.69 Å². The van der Waals surface area contributed by atoms with Crippen LogP contribution in [0.1, 0.15) is 20.3 Å². The van der Waals surface area contributed by atoms with Gasteiger partial charge in [0.1, 0.15) is 11.5 Å². The quantitative estimate of drug-likeness (QED) is 0.362. The van der Waals surface area contributed by atoms with Gasteiger partial charge in [-0.15, -0.1) is 0 Å². The van der Waals surface area contributed by atoms with Gasteiger partial charge < -0.3 is 14.4 Å². The second-order valence-electron chi connectivity index (χ2n) is 6.42. The molecule has 1 fully saturated rings. The lowest BCUT2D eigenvalue weighted by Crippen LogP contribution is -2.58. The number of rotatable bonds is 10. The predicted molar refractivity (Wildman–Crippen MR) is 110 cm³/mol. The number of aliphatic imine (C=N–C) groups is 1. The smallest absolute Gasteiger partial charge is 0.335 e. The van der Waals surface area contributed by atoms with Crippen LogP contribution in [-0.4, -0.2) is 69.4 Å². The highest BCUT2D eigenvalue weighted by atomic mass is 16.5. The van der Waals surface area contributed by atoms with E-state index in [0.29, 0.717) is 18.0 Å². The van der Waals surface area contributed by atoms with Crippen molar-refractivity contribution in [2.24, 2.45) is 10.9 Å². The molecule has 1 N–H and O–H groups in total. The van der Waals surface area contributed by atoms with Crippen LogP contribution in [0.25, 0.3) is 0 Å². The first-order valence-electron chi connectivity index (χ1n) is 9.59. The Balaban J connectivity index is 2.16. The molecule has 1 aliphatic heterocycles. The summed E-state index contributed by atoms with van der Waals surface area (Å²) in [5.74, 6) is -1.81. The number of carbonyl (C=O) groups excluding carboxylic acids is 3. The molecule has 1 aromatic rings. The molecular formula is C20H28N4O5. The number of amides is 4. The summed E-state index contributed by atoms with van der Waals surface area (Å²) in [5, 5.41) is 2.21. The molecule has 1 saturated heterocycles. The monoisotopic (exact) mass is 404 g/mol. The molecule has 0 bridgehead atoms. The molecular weight excluding hydrogens is 376 g/mol. The molecule has 0 saturated carbocycles. The number of hydrogen-bond acceptors (Lipinski definition) is 7. The van der Waals surface area contributed by atoms with Crippen molar-refractivity contribution in [2.75, 3.05) is 45.3 Å². The molecule has 0 spiro atoms. The number of ether oxygens (including phenoxy) is 2. The lowest BCUT2D eigenvalue weighted by atomic mass is 10.1. The highest BCUT2D eigenvalue weighted by molar-refractivity contribution is 6.33. The molecule has 4 amide bonds. The summed E-state index contributed by atoms with van der Waals surface area (Å²) in [6.45, 7) is 7.49.